The second-order valence-corrected chi connectivity index (χ2v) is 6.55. The van der Waals surface area contributed by atoms with Crippen LogP contribution in [0.3, 0.4) is 0 Å². The molecular weight excluding hydrogens is 294 g/mol. The third kappa shape index (κ3) is 3.11. The van der Waals surface area contributed by atoms with E-state index in [1.165, 1.54) is 0 Å². The number of hydrogen-bond acceptors (Lipinski definition) is 3. The highest BCUT2D eigenvalue weighted by atomic mass is 16.5. The third-order valence-electron chi connectivity index (χ3n) is 5.09. The van der Waals surface area contributed by atoms with Gasteiger partial charge in [0.1, 0.15) is 6.04 Å². The fraction of sp³-hybridized carbons (Fsp3) is 0.556. The van der Waals surface area contributed by atoms with Crippen LogP contribution in [0.25, 0.3) is 0 Å². The molecule has 2 aliphatic rings. The predicted octanol–water partition coefficient (Wildman–Crippen LogP) is 2.69. The van der Waals surface area contributed by atoms with Crippen molar-refractivity contribution in [2.45, 2.75) is 50.8 Å². The van der Waals surface area contributed by atoms with E-state index in [0.29, 0.717) is 24.5 Å². The molecule has 3 rings (SSSR count). The fourth-order valence-electron chi connectivity index (χ4n) is 4.08. The highest BCUT2D eigenvalue weighted by Crippen LogP contribution is 2.40. The molecule has 1 aliphatic carbocycles. The highest BCUT2D eigenvalue weighted by molar-refractivity contribution is 5.97. The first-order valence-corrected chi connectivity index (χ1v) is 8.25. The van der Waals surface area contributed by atoms with Gasteiger partial charge in [-0.25, -0.2) is 4.79 Å². The Balaban J connectivity index is 1.89. The van der Waals surface area contributed by atoms with Crippen LogP contribution in [-0.2, 0) is 16.1 Å². The summed E-state index contributed by atoms with van der Waals surface area (Å²) in [5.41, 5.74) is 1.47. The Bertz CT molecular complexity index is 600. The number of aliphatic carboxylic acids is 1. The zero-order valence-electron chi connectivity index (χ0n) is 13.4. The lowest BCUT2D eigenvalue weighted by atomic mass is 9.84. The summed E-state index contributed by atoms with van der Waals surface area (Å²) < 4.78 is 5.11. The summed E-state index contributed by atoms with van der Waals surface area (Å²) in [6, 6.07) is 6.68. The predicted molar refractivity (Wildman–Crippen MR) is 85.1 cm³/mol. The molecule has 1 aromatic carbocycles. The number of carbonyl (C=O) groups is 2. The van der Waals surface area contributed by atoms with Crippen LogP contribution in [0.5, 0.6) is 0 Å². The summed E-state index contributed by atoms with van der Waals surface area (Å²) in [6.07, 6.45) is 4.74. The van der Waals surface area contributed by atoms with E-state index in [2.05, 4.69) is 0 Å². The summed E-state index contributed by atoms with van der Waals surface area (Å²) >= 11 is 0. The van der Waals surface area contributed by atoms with E-state index in [0.717, 1.165) is 31.2 Å². The van der Waals surface area contributed by atoms with Gasteiger partial charge in [0.2, 0.25) is 0 Å². The first-order valence-electron chi connectivity index (χ1n) is 8.25. The van der Waals surface area contributed by atoms with Crippen molar-refractivity contribution in [3.05, 3.63) is 35.4 Å². The molecular formula is C18H23NO4. The molecule has 1 amide bonds. The molecule has 2 fully saturated rings. The lowest BCUT2D eigenvalue weighted by Gasteiger charge is -2.33. The van der Waals surface area contributed by atoms with Crippen LogP contribution in [0.2, 0.25) is 0 Å². The van der Waals surface area contributed by atoms with Crippen molar-refractivity contribution in [1.29, 1.82) is 0 Å². The Hall–Kier alpha value is -1.88. The zero-order chi connectivity index (χ0) is 16.4. The SMILES string of the molecule is COCc1cccc(C(=O)N2C(C(=O)O)CC3CCCCC32)c1. The Morgan fingerprint density at radius 3 is 2.83 bits per heavy atom. The second-order valence-electron chi connectivity index (χ2n) is 6.55. The van der Waals surface area contributed by atoms with Crippen LogP contribution in [0.4, 0.5) is 0 Å². The van der Waals surface area contributed by atoms with E-state index in [4.69, 9.17) is 4.74 Å². The molecule has 1 aliphatic heterocycles. The number of carboxylic acids is 1. The molecule has 1 aromatic rings. The maximum atomic E-state index is 13.0. The molecule has 1 N–H and O–H groups in total. The van der Waals surface area contributed by atoms with Crippen molar-refractivity contribution in [2.75, 3.05) is 7.11 Å². The van der Waals surface area contributed by atoms with E-state index < -0.39 is 12.0 Å². The number of likely N-dealkylation sites (tertiary alicyclic amines) is 1. The van der Waals surface area contributed by atoms with Crippen molar-refractivity contribution >= 4 is 11.9 Å². The number of benzene rings is 1. The maximum absolute atomic E-state index is 13.0. The van der Waals surface area contributed by atoms with Gasteiger partial charge in [0.05, 0.1) is 6.61 Å². The molecule has 0 bridgehead atoms. The number of amides is 1. The largest absolute Gasteiger partial charge is 0.480 e. The fourth-order valence-corrected chi connectivity index (χ4v) is 4.08. The molecule has 5 heteroatoms. The number of rotatable bonds is 4. The zero-order valence-corrected chi connectivity index (χ0v) is 13.4. The smallest absolute Gasteiger partial charge is 0.326 e. The van der Waals surface area contributed by atoms with Gasteiger partial charge in [0.15, 0.2) is 0 Å². The summed E-state index contributed by atoms with van der Waals surface area (Å²) in [7, 11) is 1.61. The monoisotopic (exact) mass is 317 g/mol. The number of fused-ring (bicyclic) bond motifs is 1. The van der Waals surface area contributed by atoms with Crippen LogP contribution in [0, 0.1) is 5.92 Å². The average Bonchev–Trinajstić information content (AvgIpc) is 2.94. The lowest BCUT2D eigenvalue weighted by molar-refractivity contribution is -0.141. The molecule has 5 nitrogen and oxygen atoms in total. The van der Waals surface area contributed by atoms with Gasteiger partial charge >= 0.3 is 5.97 Å². The molecule has 1 saturated heterocycles. The van der Waals surface area contributed by atoms with Crippen LogP contribution in [0.1, 0.15) is 48.0 Å². The van der Waals surface area contributed by atoms with E-state index in [9.17, 15) is 14.7 Å². The average molecular weight is 317 g/mol. The summed E-state index contributed by atoms with van der Waals surface area (Å²) in [5, 5.41) is 9.55. The van der Waals surface area contributed by atoms with Gasteiger partial charge in [-0.3, -0.25) is 4.79 Å². The number of nitrogens with zero attached hydrogens (tertiary/aromatic N) is 1. The minimum atomic E-state index is -0.888. The van der Waals surface area contributed by atoms with Gasteiger partial charge in [0.25, 0.3) is 5.91 Å². The summed E-state index contributed by atoms with van der Waals surface area (Å²) in [6.45, 7) is 0.440. The van der Waals surface area contributed by atoms with Gasteiger partial charge in [-0.2, -0.15) is 0 Å². The molecule has 124 valence electrons. The molecule has 3 unspecified atom stereocenters. The minimum absolute atomic E-state index is 0.0726. The quantitative estimate of drug-likeness (QED) is 0.927. The number of carbonyl (C=O) groups excluding carboxylic acids is 1. The van der Waals surface area contributed by atoms with Gasteiger partial charge in [-0.15, -0.1) is 0 Å². The maximum Gasteiger partial charge on any atom is 0.326 e. The number of carboxylic acid groups (broad SMARTS) is 1. The molecule has 0 radical (unpaired) electrons. The summed E-state index contributed by atoms with van der Waals surface area (Å²) in [4.78, 5) is 26.3. The molecule has 0 aromatic heterocycles. The third-order valence-corrected chi connectivity index (χ3v) is 5.09. The van der Waals surface area contributed by atoms with Gasteiger partial charge in [-0.1, -0.05) is 25.0 Å². The van der Waals surface area contributed by atoms with Crippen LogP contribution >= 0.6 is 0 Å². The van der Waals surface area contributed by atoms with E-state index >= 15 is 0 Å². The Morgan fingerprint density at radius 1 is 1.30 bits per heavy atom. The Kier molecular flexibility index (Phi) is 4.66. The second kappa shape index (κ2) is 6.71. The number of ether oxygens (including phenoxy) is 1. The van der Waals surface area contributed by atoms with Crippen LogP contribution in [-0.4, -0.2) is 41.1 Å². The number of methoxy groups -OCH3 is 1. The van der Waals surface area contributed by atoms with Gasteiger partial charge in [0, 0.05) is 18.7 Å². The van der Waals surface area contributed by atoms with E-state index in [1.54, 1.807) is 24.1 Å². The summed E-state index contributed by atoms with van der Waals surface area (Å²) in [5.74, 6) is -0.721. The molecule has 1 saturated carbocycles. The van der Waals surface area contributed by atoms with Crippen molar-refractivity contribution in [2.24, 2.45) is 5.92 Å². The van der Waals surface area contributed by atoms with Crippen molar-refractivity contribution in [3.63, 3.8) is 0 Å². The lowest BCUT2D eigenvalue weighted by Crippen LogP contribution is -2.46. The van der Waals surface area contributed by atoms with Gasteiger partial charge in [-0.05, 0) is 42.9 Å². The first kappa shape index (κ1) is 16.0. The molecule has 3 atom stereocenters. The number of hydrogen-bond donors (Lipinski definition) is 1. The molecule has 0 spiro atoms. The topological polar surface area (TPSA) is 66.8 Å². The molecule has 23 heavy (non-hydrogen) atoms. The van der Waals surface area contributed by atoms with Crippen molar-refractivity contribution in [1.82, 2.24) is 4.90 Å². The minimum Gasteiger partial charge on any atom is -0.480 e. The first-order chi connectivity index (χ1) is 11.1. The highest BCUT2D eigenvalue weighted by Gasteiger charge is 2.47. The normalized spacial score (nSPS) is 26.8. The van der Waals surface area contributed by atoms with Gasteiger partial charge < -0.3 is 14.7 Å². The Morgan fingerprint density at radius 2 is 2.09 bits per heavy atom. The standard InChI is InChI=1S/C18H23NO4/c1-23-11-12-5-4-7-14(9-12)17(20)19-15-8-3-2-6-13(15)10-16(19)18(21)22/h4-5,7,9,13,15-16H,2-3,6,8,10-11H2,1H3,(H,21,22). The van der Waals surface area contributed by atoms with Crippen LogP contribution in [0.15, 0.2) is 24.3 Å². The van der Waals surface area contributed by atoms with Crippen molar-refractivity contribution < 1.29 is 19.4 Å². The van der Waals surface area contributed by atoms with E-state index in [1.807, 2.05) is 12.1 Å². The van der Waals surface area contributed by atoms with Crippen LogP contribution < -0.4 is 0 Å². The molecule has 1 heterocycles. The Labute approximate surface area is 136 Å². The van der Waals surface area contributed by atoms with E-state index in [-0.39, 0.29) is 11.9 Å². The van der Waals surface area contributed by atoms with Crippen molar-refractivity contribution in [3.8, 4) is 0 Å².